The summed E-state index contributed by atoms with van der Waals surface area (Å²) >= 11 is 0. The first-order valence-corrected chi connectivity index (χ1v) is 2.37. The highest BCUT2D eigenvalue weighted by Crippen LogP contribution is 2.00. The zero-order valence-electron chi connectivity index (χ0n) is 3.96. The van der Waals surface area contributed by atoms with Gasteiger partial charge in [0.2, 0.25) is 0 Å². The molecule has 1 heterocycles. The van der Waals surface area contributed by atoms with Crippen molar-refractivity contribution in [3.05, 3.63) is 0 Å². The first kappa shape index (κ1) is 5.03. The van der Waals surface area contributed by atoms with Crippen LogP contribution in [0.5, 0.6) is 0 Å². The molecule has 1 rings (SSSR count). The smallest absolute Gasteiger partial charge is 0.0839 e. The second-order valence-corrected chi connectivity index (χ2v) is 1.76. The number of β-amino-alcohol motifs (C(OH)–C–C–N with tert-alkyl or cyclic N) is 1. The van der Waals surface area contributed by atoms with E-state index in [1.54, 1.807) is 0 Å². The lowest BCUT2D eigenvalue weighted by atomic mass is 10.1. The van der Waals surface area contributed by atoms with Gasteiger partial charge in [-0.15, -0.1) is 0 Å². The van der Waals surface area contributed by atoms with E-state index in [0.29, 0.717) is 6.54 Å². The maximum atomic E-state index is 8.69. The number of hydrogen-bond donors (Lipinski definition) is 3. The highest BCUT2D eigenvalue weighted by Gasteiger charge is 2.26. The summed E-state index contributed by atoms with van der Waals surface area (Å²) < 4.78 is 0. The van der Waals surface area contributed by atoms with Crippen LogP contribution in [0.25, 0.3) is 0 Å². The molecule has 3 nitrogen and oxygen atoms in total. The summed E-state index contributed by atoms with van der Waals surface area (Å²) in [5.41, 5.74) is 0. The summed E-state index contributed by atoms with van der Waals surface area (Å²) in [6, 6.07) is -0.0556. The van der Waals surface area contributed by atoms with Crippen molar-refractivity contribution in [3.8, 4) is 0 Å². The number of hydrogen-bond acceptors (Lipinski definition) is 3. The van der Waals surface area contributed by atoms with E-state index >= 15 is 0 Å². The fourth-order valence-corrected chi connectivity index (χ4v) is 0.576. The van der Waals surface area contributed by atoms with Crippen molar-refractivity contribution in [2.75, 3.05) is 13.2 Å². The molecule has 7 heavy (non-hydrogen) atoms. The Morgan fingerprint density at radius 3 is 2.43 bits per heavy atom. The Hall–Kier alpha value is -0.120. The van der Waals surface area contributed by atoms with E-state index in [2.05, 4.69) is 5.32 Å². The first-order chi connectivity index (χ1) is 3.34. The predicted molar refractivity (Wildman–Crippen MR) is 24.9 cm³/mol. The molecule has 0 aromatic rings. The second kappa shape index (κ2) is 1.78. The molecule has 0 amide bonds. The maximum Gasteiger partial charge on any atom is 0.0839 e. The first-order valence-electron chi connectivity index (χ1n) is 2.37. The van der Waals surface area contributed by atoms with Gasteiger partial charge < -0.3 is 15.5 Å². The minimum absolute atomic E-state index is 0.0428. The molecule has 0 spiro atoms. The van der Waals surface area contributed by atoms with Crippen LogP contribution >= 0.6 is 0 Å². The Balaban J connectivity index is 2.16. The van der Waals surface area contributed by atoms with Crippen LogP contribution in [0.1, 0.15) is 0 Å². The molecule has 0 bridgehead atoms. The van der Waals surface area contributed by atoms with Gasteiger partial charge in [-0.25, -0.2) is 0 Å². The van der Waals surface area contributed by atoms with Gasteiger partial charge in [0, 0.05) is 6.54 Å². The lowest BCUT2D eigenvalue weighted by molar-refractivity contribution is 0.0305. The minimum Gasteiger partial charge on any atom is -0.395 e. The lowest BCUT2D eigenvalue weighted by Gasteiger charge is -2.32. The SMILES string of the molecule is OC[C@@H]1NC[C@H]1O. The van der Waals surface area contributed by atoms with Crippen LogP contribution in [0.2, 0.25) is 0 Å². The number of nitrogens with one attached hydrogen (secondary N) is 1. The van der Waals surface area contributed by atoms with Crippen molar-refractivity contribution in [1.82, 2.24) is 5.32 Å². The van der Waals surface area contributed by atoms with Gasteiger partial charge in [-0.3, -0.25) is 0 Å². The van der Waals surface area contributed by atoms with E-state index in [4.69, 9.17) is 10.2 Å². The third-order valence-electron chi connectivity index (χ3n) is 1.25. The highest BCUT2D eigenvalue weighted by molar-refractivity contribution is 4.86. The maximum absolute atomic E-state index is 8.69. The topological polar surface area (TPSA) is 52.5 Å². The summed E-state index contributed by atoms with van der Waals surface area (Å²) in [7, 11) is 0. The van der Waals surface area contributed by atoms with E-state index in [9.17, 15) is 0 Å². The minimum atomic E-state index is -0.315. The highest BCUT2D eigenvalue weighted by atomic mass is 16.3. The zero-order valence-corrected chi connectivity index (χ0v) is 3.96. The number of aliphatic hydroxyl groups is 2. The summed E-state index contributed by atoms with van der Waals surface area (Å²) in [4.78, 5) is 0. The molecule has 1 aliphatic rings. The molecule has 0 saturated carbocycles. The quantitative estimate of drug-likeness (QED) is 0.371. The largest absolute Gasteiger partial charge is 0.395 e. The normalized spacial score (nSPS) is 40.3. The van der Waals surface area contributed by atoms with E-state index < -0.39 is 0 Å². The van der Waals surface area contributed by atoms with Crippen LogP contribution < -0.4 is 5.32 Å². The average Bonchev–Trinajstić information content (AvgIpc) is 1.65. The molecule has 0 aromatic carbocycles. The van der Waals surface area contributed by atoms with Gasteiger partial charge in [-0.2, -0.15) is 0 Å². The van der Waals surface area contributed by atoms with Crippen LogP contribution in [-0.4, -0.2) is 35.5 Å². The van der Waals surface area contributed by atoms with Crippen molar-refractivity contribution in [2.24, 2.45) is 0 Å². The summed E-state index contributed by atoms with van der Waals surface area (Å²) in [6.45, 7) is 0.673. The van der Waals surface area contributed by atoms with Crippen molar-refractivity contribution in [2.45, 2.75) is 12.1 Å². The van der Waals surface area contributed by atoms with Crippen LogP contribution in [0.15, 0.2) is 0 Å². The Morgan fingerprint density at radius 2 is 2.43 bits per heavy atom. The molecular formula is C4H9NO2. The van der Waals surface area contributed by atoms with Gasteiger partial charge >= 0.3 is 0 Å². The van der Waals surface area contributed by atoms with Gasteiger partial charge in [-0.05, 0) is 0 Å². The fourth-order valence-electron chi connectivity index (χ4n) is 0.576. The lowest BCUT2D eigenvalue weighted by Crippen LogP contribution is -2.58. The molecular weight excluding hydrogens is 94.0 g/mol. The molecule has 0 aliphatic carbocycles. The van der Waals surface area contributed by atoms with Crippen molar-refractivity contribution in [3.63, 3.8) is 0 Å². The summed E-state index contributed by atoms with van der Waals surface area (Å²) in [5.74, 6) is 0. The molecule has 0 unspecified atom stereocenters. The monoisotopic (exact) mass is 103 g/mol. The van der Waals surface area contributed by atoms with Gasteiger partial charge in [0.05, 0.1) is 18.8 Å². The van der Waals surface area contributed by atoms with Gasteiger partial charge in [-0.1, -0.05) is 0 Å². The Labute approximate surface area is 42.0 Å². The molecule has 0 radical (unpaired) electrons. The molecule has 1 aliphatic heterocycles. The molecule has 1 fully saturated rings. The van der Waals surface area contributed by atoms with Crippen LogP contribution in [0.3, 0.4) is 0 Å². The second-order valence-electron chi connectivity index (χ2n) is 1.76. The molecule has 3 N–H and O–H groups in total. The third kappa shape index (κ3) is 0.748. The van der Waals surface area contributed by atoms with E-state index in [1.165, 1.54) is 0 Å². The number of aliphatic hydroxyl groups excluding tert-OH is 2. The van der Waals surface area contributed by atoms with E-state index in [0.717, 1.165) is 0 Å². The Kier molecular flexibility index (Phi) is 1.27. The van der Waals surface area contributed by atoms with Crippen LogP contribution in [0, 0.1) is 0 Å². The fraction of sp³-hybridized carbons (Fsp3) is 1.00. The van der Waals surface area contributed by atoms with Gasteiger partial charge in [0.25, 0.3) is 0 Å². The predicted octanol–water partition coefficient (Wildman–Crippen LogP) is -1.69. The van der Waals surface area contributed by atoms with Crippen LogP contribution in [0.4, 0.5) is 0 Å². The Bertz CT molecular complexity index is 64.7. The molecule has 2 atom stereocenters. The van der Waals surface area contributed by atoms with Crippen molar-refractivity contribution < 1.29 is 10.2 Å². The zero-order chi connectivity index (χ0) is 5.28. The van der Waals surface area contributed by atoms with Crippen molar-refractivity contribution >= 4 is 0 Å². The molecule has 1 saturated heterocycles. The van der Waals surface area contributed by atoms with E-state index in [1.807, 2.05) is 0 Å². The molecule has 3 heteroatoms. The summed E-state index contributed by atoms with van der Waals surface area (Å²) in [5, 5.41) is 19.9. The third-order valence-corrected chi connectivity index (χ3v) is 1.25. The van der Waals surface area contributed by atoms with Gasteiger partial charge in [0.1, 0.15) is 0 Å². The Morgan fingerprint density at radius 1 is 1.71 bits per heavy atom. The van der Waals surface area contributed by atoms with Crippen molar-refractivity contribution in [1.29, 1.82) is 0 Å². The van der Waals surface area contributed by atoms with E-state index in [-0.39, 0.29) is 18.8 Å². The van der Waals surface area contributed by atoms with Gasteiger partial charge in [0.15, 0.2) is 0 Å². The van der Waals surface area contributed by atoms with Crippen LogP contribution in [-0.2, 0) is 0 Å². The average molecular weight is 103 g/mol. The number of rotatable bonds is 1. The molecule has 42 valence electrons. The molecule has 0 aromatic heterocycles. The standard InChI is InChI=1S/C4H9NO2/c6-2-3-4(7)1-5-3/h3-7H,1-2H2/t3-,4+/m0/s1. The summed E-state index contributed by atoms with van der Waals surface area (Å²) in [6.07, 6.45) is -0.315.